The number of hydrogen-bond acceptors (Lipinski definition) is 2. The van der Waals surface area contributed by atoms with E-state index in [4.69, 9.17) is 0 Å². The van der Waals surface area contributed by atoms with Crippen molar-refractivity contribution in [1.82, 2.24) is 4.90 Å². The smallest absolute Gasteiger partial charge is 0.312 e. The summed E-state index contributed by atoms with van der Waals surface area (Å²) in [5.74, 6) is -1.54. The number of nitrogens with zero attached hydrogens (tertiary/aromatic N) is 1. The van der Waals surface area contributed by atoms with Gasteiger partial charge in [-0.25, -0.2) is 0 Å². The molecule has 3 rings (SSSR count). The molecule has 1 amide bonds. The maximum atomic E-state index is 12.6. The Hall–Kier alpha value is -2.14. The first kappa shape index (κ1) is 16.7. The second-order valence-electron chi connectivity index (χ2n) is 5.96. The van der Waals surface area contributed by atoms with Crippen LogP contribution in [0.2, 0.25) is 0 Å². The van der Waals surface area contributed by atoms with E-state index in [1.54, 1.807) is 4.90 Å². The molecule has 124 valence electrons. The van der Waals surface area contributed by atoms with E-state index in [0.717, 1.165) is 21.2 Å². The zero-order valence-corrected chi connectivity index (χ0v) is 14.7. The number of amides is 1. The van der Waals surface area contributed by atoms with Gasteiger partial charge in [-0.1, -0.05) is 58.4 Å². The van der Waals surface area contributed by atoms with Crippen LogP contribution in [0, 0.1) is 0 Å². The van der Waals surface area contributed by atoms with Crippen molar-refractivity contribution in [2.45, 2.75) is 25.3 Å². The highest BCUT2D eigenvalue weighted by atomic mass is 79.9. The summed E-state index contributed by atoms with van der Waals surface area (Å²) in [4.78, 5) is 25.8. The molecule has 0 saturated heterocycles. The molecule has 5 heteroatoms. The lowest BCUT2D eigenvalue weighted by Gasteiger charge is -2.33. The summed E-state index contributed by atoms with van der Waals surface area (Å²) < 4.78 is 0.991. The lowest BCUT2D eigenvalue weighted by molar-refractivity contribution is -0.141. The summed E-state index contributed by atoms with van der Waals surface area (Å²) in [5.41, 5.74) is 2.82. The van der Waals surface area contributed by atoms with Crippen molar-refractivity contribution in [1.29, 1.82) is 0 Å². The van der Waals surface area contributed by atoms with Crippen LogP contribution in [-0.4, -0.2) is 28.4 Å². The van der Waals surface area contributed by atoms with Gasteiger partial charge in [0.2, 0.25) is 5.91 Å². The average molecular weight is 388 g/mol. The number of carbonyl (C=O) groups excluding carboxylic acids is 1. The summed E-state index contributed by atoms with van der Waals surface area (Å²) in [7, 11) is 0. The van der Waals surface area contributed by atoms with Gasteiger partial charge in [-0.3, -0.25) is 9.59 Å². The van der Waals surface area contributed by atoms with Crippen molar-refractivity contribution in [3.8, 4) is 0 Å². The number of aryl methyl sites for hydroxylation is 1. The molecule has 1 N–H and O–H groups in total. The van der Waals surface area contributed by atoms with Crippen LogP contribution >= 0.6 is 15.9 Å². The molecule has 2 aromatic rings. The molecule has 24 heavy (non-hydrogen) atoms. The molecule has 1 aliphatic rings. The Kier molecular flexibility index (Phi) is 5.00. The molecule has 0 radical (unpaired) electrons. The zero-order chi connectivity index (χ0) is 17.1. The first-order valence-electron chi connectivity index (χ1n) is 7.88. The van der Waals surface area contributed by atoms with E-state index in [2.05, 4.69) is 15.9 Å². The topological polar surface area (TPSA) is 57.6 Å². The van der Waals surface area contributed by atoms with Crippen molar-refractivity contribution in [2.75, 3.05) is 6.54 Å². The van der Waals surface area contributed by atoms with Gasteiger partial charge in [-0.15, -0.1) is 0 Å². The Bertz CT molecular complexity index is 775. The van der Waals surface area contributed by atoms with Gasteiger partial charge < -0.3 is 10.0 Å². The Morgan fingerprint density at radius 3 is 2.58 bits per heavy atom. The van der Waals surface area contributed by atoms with E-state index in [-0.39, 0.29) is 12.5 Å². The minimum atomic E-state index is -0.884. The van der Waals surface area contributed by atoms with Crippen LogP contribution < -0.4 is 0 Å². The Morgan fingerprint density at radius 1 is 1.12 bits per heavy atom. The molecule has 2 aromatic carbocycles. The summed E-state index contributed by atoms with van der Waals surface area (Å²) in [6.07, 6.45) is 1.01. The van der Waals surface area contributed by atoms with E-state index in [1.165, 1.54) is 0 Å². The molecule has 0 aromatic heterocycles. The number of aliphatic carboxylic acids is 1. The van der Waals surface area contributed by atoms with Crippen molar-refractivity contribution in [2.24, 2.45) is 0 Å². The molecule has 4 nitrogen and oxygen atoms in total. The largest absolute Gasteiger partial charge is 0.481 e. The molecule has 0 saturated carbocycles. The fraction of sp³-hybridized carbons (Fsp3) is 0.263. The number of benzene rings is 2. The van der Waals surface area contributed by atoms with E-state index in [9.17, 15) is 14.7 Å². The molecule has 1 atom stereocenters. The van der Waals surface area contributed by atoms with E-state index < -0.39 is 11.9 Å². The quantitative estimate of drug-likeness (QED) is 0.871. The fourth-order valence-corrected chi connectivity index (χ4v) is 3.59. The normalized spacial score (nSPS) is 16.5. The monoisotopic (exact) mass is 387 g/mol. The number of carbonyl (C=O) groups is 2. The van der Waals surface area contributed by atoms with Crippen LogP contribution in [0.4, 0.5) is 0 Å². The van der Waals surface area contributed by atoms with Gasteiger partial charge in [0.1, 0.15) is 0 Å². The third-order valence-corrected chi connectivity index (χ3v) is 5.19. The Morgan fingerprint density at radius 2 is 1.83 bits per heavy atom. The summed E-state index contributed by atoms with van der Waals surface area (Å²) in [6.45, 7) is 0.718. The molecule has 0 fully saturated rings. The van der Waals surface area contributed by atoms with Crippen LogP contribution in [0.15, 0.2) is 53.0 Å². The standard InChI is InChI=1S/C19H18BrNO3/c20-17-8-4-2-5-13(17)9-10-18(22)21-11-14-6-1-3-7-15(14)16(12-21)19(23)24/h1-8,16H,9-12H2,(H,23,24). The Balaban J connectivity index is 1.72. The lowest BCUT2D eigenvalue weighted by Crippen LogP contribution is -2.40. The van der Waals surface area contributed by atoms with Crippen LogP contribution in [-0.2, 0) is 22.6 Å². The zero-order valence-electron chi connectivity index (χ0n) is 13.1. The van der Waals surface area contributed by atoms with Gasteiger partial charge in [-0.05, 0) is 29.2 Å². The van der Waals surface area contributed by atoms with Gasteiger partial charge in [-0.2, -0.15) is 0 Å². The Labute approximate surface area is 149 Å². The molecule has 0 aliphatic carbocycles. The molecule has 1 aliphatic heterocycles. The number of carboxylic acids is 1. The molecular formula is C19H18BrNO3. The number of carboxylic acid groups (broad SMARTS) is 1. The summed E-state index contributed by atoms with van der Waals surface area (Å²) >= 11 is 3.49. The molecular weight excluding hydrogens is 370 g/mol. The van der Waals surface area contributed by atoms with Gasteiger partial charge in [0.05, 0.1) is 5.92 Å². The van der Waals surface area contributed by atoms with Crippen molar-refractivity contribution >= 4 is 27.8 Å². The van der Waals surface area contributed by atoms with Crippen LogP contribution in [0.5, 0.6) is 0 Å². The van der Waals surface area contributed by atoms with Crippen LogP contribution in [0.1, 0.15) is 29.0 Å². The summed E-state index contributed by atoms with van der Waals surface area (Å²) in [6, 6.07) is 15.3. The van der Waals surface area contributed by atoms with Gasteiger partial charge >= 0.3 is 5.97 Å². The molecule has 0 bridgehead atoms. The number of hydrogen-bond donors (Lipinski definition) is 1. The second-order valence-corrected chi connectivity index (χ2v) is 6.81. The number of rotatable bonds is 4. The van der Waals surface area contributed by atoms with Gasteiger partial charge in [0, 0.05) is 24.0 Å². The van der Waals surface area contributed by atoms with Crippen molar-refractivity contribution in [3.63, 3.8) is 0 Å². The van der Waals surface area contributed by atoms with Crippen LogP contribution in [0.25, 0.3) is 0 Å². The third kappa shape index (κ3) is 3.51. The minimum Gasteiger partial charge on any atom is -0.481 e. The van der Waals surface area contributed by atoms with Gasteiger partial charge in [0.15, 0.2) is 0 Å². The first-order valence-corrected chi connectivity index (χ1v) is 8.67. The number of halogens is 1. The lowest BCUT2D eigenvalue weighted by atomic mass is 9.89. The van der Waals surface area contributed by atoms with Crippen molar-refractivity contribution in [3.05, 3.63) is 69.7 Å². The third-order valence-electron chi connectivity index (χ3n) is 4.41. The maximum absolute atomic E-state index is 12.6. The highest BCUT2D eigenvalue weighted by Gasteiger charge is 2.32. The SMILES string of the molecule is O=C(O)C1CN(C(=O)CCc2ccccc2Br)Cc2ccccc21. The van der Waals surface area contributed by atoms with E-state index in [0.29, 0.717) is 19.4 Å². The van der Waals surface area contributed by atoms with E-state index >= 15 is 0 Å². The second kappa shape index (κ2) is 7.18. The molecule has 0 spiro atoms. The average Bonchev–Trinajstić information content (AvgIpc) is 2.59. The minimum absolute atomic E-state index is 0.00786. The molecule has 1 heterocycles. The fourth-order valence-electron chi connectivity index (χ4n) is 3.11. The van der Waals surface area contributed by atoms with Gasteiger partial charge in [0.25, 0.3) is 0 Å². The maximum Gasteiger partial charge on any atom is 0.312 e. The predicted molar refractivity (Wildman–Crippen MR) is 94.7 cm³/mol. The highest BCUT2D eigenvalue weighted by Crippen LogP contribution is 2.29. The van der Waals surface area contributed by atoms with E-state index in [1.807, 2.05) is 48.5 Å². The molecule has 1 unspecified atom stereocenters. The van der Waals surface area contributed by atoms with Crippen molar-refractivity contribution < 1.29 is 14.7 Å². The number of fused-ring (bicyclic) bond motifs is 1. The summed E-state index contributed by atoms with van der Waals surface area (Å²) in [5, 5.41) is 9.48. The first-order chi connectivity index (χ1) is 11.6. The predicted octanol–water partition coefficient (Wildman–Crippen LogP) is 3.59. The highest BCUT2D eigenvalue weighted by molar-refractivity contribution is 9.10. The van der Waals surface area contributed by atoms with Crippen LogP contribution in [0.3, 0.4) is 0 Å².